The molecule has 1 unspecified atom stereocenters. The average Bonchev–Trinajstić information content (AvgIpc) is 3.07. The highest BCUT2D eigenvalue weighted by molar-refractivity contribution is 6.31. The third-order valence-electron chi connectivity index (χ3n) is 3.98. The Labute approximate surface area is 172 Å². The van der Waals surface area contributed by atoms with Crippen molar-refractivity contribution in [3.63, 3.8) is 0 Å². The summed E-state index contributed by atoms with van der Waals surface area (Å²) in [4.78, 5) is 13.6. The summed E-state index contributed by atoms with van der Waals surface area (Å²) in [7, 11) is 0. The van der Waals surface area contributed by atoms with Crippen molar-refractivity contribution in [2.75, 3.05) is 6.61 Å². The van der Waals surface area contributed by atoms with Crippen molar-refractivity contribution >= 4 is 28.5 Å². The van der Waals surface area contributed by atoms with E-state index in [2.05, 4.69) is 20.3 Å². The molecule has 0 bridgehead atoms. The van der Waals surface area contributed by atoms with Crippen LogP contribution in [0.4, 0.5) is 13.2 Å². The molecule has 0 saturated carbocycles. The molecular weight excluding hydrogens is 427 g/mol. The monoisotopic (exact) mass is 439 g/mol. The maximum atomic E-state index is 12.5. The maximum absolute atomic E-state index is 12.5. The Morgan fingerprint density at radius 3 is 2.47 bits per heavy atom. The average molecular weight is 440 g/mol. The number of hydrogen-bond acceptors (Lipinski definition) is 6. The molecule has 156 valence electrons. The molecule has 3 rings (SSSR count). The van der Waals surface area contributed by atoms with Gasteiger partial charge in [-0.1, -0.05) is 11.6 Å². The van der Waals surface area contributed by atoms with Gasteiger partial charge in [0.2, 0.25) is 0 Å². The van der Waals surface area contributed by atoms with E-state index in [1.165, 1.54) is 0 Å². The molecule has 2 aromatic carbocycles. The number of aliphatic hydroxyl groups is 1. The Balaban J connectivity index is 1.78. The summed E-state index contributed by atoms with van der Waals surface area (Å²) < 4.78 is 40.4. The molecule has 2 N–H and O–H groups in total. The number of fused-ring (bicyclic) bond motifs is 1. The number of rotatable bonds is 6. The lowest BCUT2D eigenvalue weighted by atomic mass is 10.0. The molecule has 0 spiro atoms. The fourth-order valence-electron chi connectivity index (χ4n) is 2.57. The fourth-order valence-corrected chi connectivity index (χ4v) is 2.74. The van der Waals surface area contributed by atoms with E-state index in [0.29, 0.717) is 16.1 Å². The van der Waals surface area contributed by atoms with Crippen molar-refractivity contribution in [2.24, 2.45) is 0 Å². The van der Waals surface area contributed by atoms with Gasteiger partial charge in [-0.15, -0.1) is 13.2 Å². The third-order valence-corrected chi connectivity index (χ3v) is 4.22. The number of carbonyl (C=O) groups is 1. The number of ether oxygens (including phenoxy) is 1. The first kappa shape index (κ1) is 21.4. The first-order chi connectivity index (χ1) is 14.1. The second-order valence-corrected chi connectivity index (χ2v) is 6.68. The van der Waals surface area contributed by atoms with E-state index < -0.39 is 30.2 Å². The van der Waals surface area contributed by atoms with E-state index in [1.807, 2.05) is 6.07 Å². The van der Waals surface area contributed by atoms with Crippen LogP contribution in [0.2, 0.25) is 5.02 Å². The largest absolute Gasteiger partial charge is 0.573 e. The number of alkyl halides is 3. The van der Waals surface area contributed by atoms with Crippen molar-refractivity contribution in [3.8, 4) is 11.8 Å². The summed E-state index contributed by atoms with van der Waals surface area (Å²) in [6.07, 6.45) is -4.86. The molecule has 12 heteroatoms. The van der Waals surface area contributed by atoms with E-state index in [1.54, 1.807) is 18.2 Å². The van der Waals surface area contributed by atoms with Crippen molar-refractivity contribution < 1.29 is 27.8 Å². The third kappa shape index (κ3) is 4.97. The Morgan fingerprint density at radius 2 is 1.87 bits per heavy atom. The fraction of sp³-hybridized carbons (Fsp3) is 0.222. The number of aromatic nitrogens is 3. The first-order valence-electron chi connectivity index (χ1n) is 8.34. The van der Waals surface area contributed by atoms with Crippen LogP contribution < -0.4 is 10.1 Å². The minimum atomic E-state index is -4.86. The van der Waals surface area contributed by atoms with E-state index in [4.69, 9.17) is 11.6 Å². The molecular formula is C18H13ClF3N5O3. The van der Waals surface area contributed by atoms with Crippen LogP contribution in [-0.2, 0) is 6.54 Å². The topological polar surface area (TPSA) is 113 Å². The molecule has 0 fully saturated rings. The normalized spacial score (nSPS) is 13.5. The quantitative estimate of drug-likeness (QED) is 0.610. The number of nitriles is 1. The predicted molar refractivity (Wildman–Crippen MR) is 98.6 cm³/mol. The van der Waals surface area contributed by atoms with E-state index >= 15 is 0 Å². The minimum absolute atomic E-state index is 0.0389. The zero-order valence-electron chi connectivity index (χ0n) is 15.0. The molecule has 30 heavy (non-hydrogen) atoms. The van der Waals surface area contributed by atoms with Gasteiger partial charge in [-0.3, -0.25) is 4.79 Å². The highest BCUT2D eigenvalue weighted by atomic mass is 35.5. The van der Waals surface area contributed by atoms with Gasteiger partial charge < -0.3 is 15.2 Å². The Hall–Kier alpha value is -3.36. The van der Waals surface area contributed by atoms with Crippen LogP contribution in [0.15, 0.2) is 42.5 Å². The SMILES string of the molecule is N#CC(CO)(Cn1nc2ccc(Cl)cc2n1)NC(=O)c1ccc(OC(F)(F)F)cc1. The van der Waals surface area contributed by atoms with E-state index in [-0.39, 0.29) is 12.1 Å². The zero-order valence-corrected chi connectivity index (χ0v) is 15.8. The number of benzene rings is 2. The van der Waals surface area contributed by atoms with E-state index in [0.717, 1.165) is 29.1 Å². The van der Waals surface area contributed by atoms with Crippen LogP contribution in [0.3, 0.4) is 0 Å². The van der Waals surface area contributed by atoms with Gasteiger partial charge in [0, 0.05) is 10.6 Å². The number of carbonyl (C=O) groups excluding carboxylic acids is 1. The Morgan fingerprint density at radius 1 is 1.20 bits per heavy atom. The molecule has 1 heterocycles. The summed E-state index contributed by atoms with van der Waals surface area (Å²) in [6.45, 7) is -1.05. The molecule has 0 saturated heterocycles. The van der Waals surface area contributed by atoms with Crippen LogP contribution in [-0.4, -0.2) is 44.5 Å². The van der Waals surface area contributed by atoms with Crippen molar-refractivity contribution in [1.29, 1.82) is 5.26 Å². The predicted octanol–water partition coefficient (Wildman–Crippen LogP) is 2.67. The van der Waals surface area contributed by atoms with Crippen LogP contribution in [0.1, 0.15) is 10.4 Å². The molecule has 0 radical (unpaired) electrons. The molecule has 3 aromatic rings. The summed E-state index contributed by atoms with van der Waals surface area (Å²) in [6, 6.07) is 10.7. The number of aliphatic hydroxyl groups excluding tert-OH is 1. The standard InChI is InChI=1S/C18H13ClF3N5O3/c19-12-3-6-14-15(7-12)26-27(25-14)9-17(8-23,10-28)24-16(29)11-1-4-13(5-2-11)30-18(20,21)22/h1-7,28H,9-10H2,(H,24,29). The van der Waals surface area contributed by atoms with Gasteiger partial charge in [-0.05, 0) is 42.5 Å². The number of nitrogens with zero attached hydrogens (tertiary/aromatic N) is 4. The van der Waals surface area contributed by atoms with Gasteiger partial charge in [-0.2, -0.15) is 20.3 Å². The van der Waals surface area contributed by atoms with Gasteiger partial charge in [0.15, 0.2) is 5.54 Å². The van der Waals surface area contributed by atoms with Gasteiger partial charge >= 0.3 is 6.36 Å². The summed E-state index contributed by atoms with van der Waals surface area (Å²) in [5.41, 5.74) is -0.866. The van der Waals surface area contributed by atoms with Gasteiger partial charge in [0.1, 0.15) is 16.8 Å². The van der Waals surface area contributed by atoms with Crippen molar-refractivity contribution in [1.82, 2.24) is 20.3 Å². The highest BCUT2D eigenvalue weighted by Crippen LogP contribution is 2.23. The van der Waals surface area contributed by atoms with Crippen LogP contribution in [0, 0.1) is 11.3 Å². The Kier molecular flexibility index (Phi) is 5.82. The molecule has 0 aliphatic heterocycles. The molecule has 1 atom stereocenters. The smallest absolute Gasteiger partial charge is 0.406 e. The highest BCUT2D eigenvalue weighted by Gasteiger charge is 2.34. The van der Waals surface area contributed by atoms with E-state index in [9.17, 15) is 28.3 Å². The second-order valence-electron chi connectivity index (χ2n) is 6.24. The summed E-state index contributed by atoms with van der Waals surface area (Å²) in [5, 5.41) is 30.5. The zero-order chi connectivity index (χ0) is 21.9. The maximum Gasteiger partial charge on any atom is 0.573 e. The lowest BCUT2D eigenvalue weighted by Gasteiger charge is -2.25. The molecule has 1 aromatic heterocycles. The molecule has 0 aliphatic rings. The minimum Gasteiger partial charge on any atom is -0.406 e. The van der Waals surface area contributed by atoms with Crippen molar-refractivity contribution in [3.05, 3.63) is 53.1 Å². The molecule has 0 aliphatic carbocycles. The van der Waals surface area contributed by atoms with Crippen LogP contribution >= 0.6 is 11.6 Å². The van der Waals surface area contributed by atoms with Crippen LogP contribution in [0.5, 0.6) is 5.75 Å². The van der Waals surface area contributed by atoms with Crippen LogP contribution in [0.25, 0.3) is 11.0 Å². The number of amides is 1. The molecule has 8 nitrogen and oxygen atoms in total. The second kappa shape index (κ2) is 8.17. The van der Waals surface area contributed by atoms with Gasteiger partial charge in [0.05, 0.1) is 19.2 Å². The first-order valence-corrected chi connectivity index (χ1v) is 8.72. The number of nitrogens with one attached hydrogen (secondary N) is 1. The van der Waals surface area contributed by atoms with Crippen molar-refractivity contribution in [2.45, 2.75) is 18.4 Å². The summed E-state index contributed by atoms with van der Waals surface area (Å²) in [5.74, 6) is -1.29. The Bertz CT molecular complexity index is 1110. The van der Waals surface area contributed by atoms with Gasteiger partial charge in [0.25, 0.3) is 5.91 Å². The lowest BCUT2D eigenvalue weighted by Crippen LogP contribution is -2.53. The lowest BCUT2D eigenvalue weighted by molar-refractivity contribution is -0.274. The number of hydrogen-bond donors (Lipinski definition) is 2. The molecule has 1 amide bonds. The summed E-state index contributed by atoms with van der Waals surface area (Å²) >= 11 is 5.90. The number of halogens is 4. The van der Waals surface area contributed by atoms with Gasteiger partial charge in [-0.25, -0.2) is 0 Å².